The molecule has 0 aliphatic carbocycles. The molecule has 1 aromatic rings. The molecule has 3 nitrogen and oxygen atoms in total. The van der Waals surface area contributed by atoms with Crippen LogP contribution < -0.4 is 4.90 Å². The molecule has 0 unspecified atom stereocenters. The van der Waals surface area contributed by atoms with Crippen molar-refractivity contribution in [3.05, 3.63) is 17.0 Å². The molecule has 0 atom stereocenters. The van der Waals surface area contributed by atoms with E-state index in [2.05, 4.69) is 28.7 Å². The molecule has 0 amide bonds. The van der Waals surface area contributed by atoms with E-state index in [4.69, 9.17) is 11.6 Å². The molecular weight excluding hydrogens is 210 g/mol. The summed E-state index contributed by atoms with van der Waals surface area (Å²) in [6.45, 7) is 8.26. The van der Waals surface area contributed by atoms with Crippen LogP contribution in [0.5, 0.6) is 0 Å². The van der Waals surface area contributed by atoms with Gasteiger partial charge >= 0.3 is 0 Å². The fourth-order valence-electron chi connectivity index (χ4n) is 1.50. The molecule has 1 aromatic heterocycles. The van der Waals surface area contributed by atoms with Crippen LogP contribution in [0.4, 0.5) is 5.82 Å². The van der Waals surface area contributed by atoms with Gasteiger partial charge in [0.05, 0.1) is 0 Å². The van der Waals surface area contributed by atoms with E-state index in [1.54, 1.807) is 0 Å². The van der Waals surface area contributed by atoms with Crippen molar-refractivity contribution < 1.29 is 0 Å². The second kappa shape index (κ2) is 5.91. The van der Waals surface area contributed by atoms with Crippen molar-refractivity contribution in [2.24, 2.45) is 0 Å². The van der Waals surface area contributed by atoms with Gasteiger partial charge in [-0.25, -0.2) is 9.97 Å². The first-order valence-corrected chi connectivity index (χ1v) is 5.80. The summed E-state index contributed by atoms with van der Waals surface area (Å²) in [7, 11) is 0. The first kappa shape index (κ1) is 12.2. The lowest BCUT2D eigenvalue weighted by molar-refractivity contribution is 0.720. The lowest BCUT2D eigenvalue weighted by atomic mass is 10.2. The Hall–Kier alpha value is -0.830. The SMILES string of the molecule is CCCCN(CC)c1ncnc(Cl)c1C. The Morgan fingerprint density at radius 3 is 2.67 bits per heavy atom. The average molecular weight is 228 g/mol. The van der Waals surface area contributed by atoms with Crippen LogP contribution in [-0.4, -0.2) is 23.1 Å². The Labute approximate surface area is 96.5 Å². The summed E-state index contributed by atoms with van der Waals surface area (Å²) in [5.41, 5.74) is 0.970. The van der Waals surface area contributed by atoms with Crippen LogP contribution >= 0.6 is 11.6 Å². The van der Waals surface area contributed by atoms with E-state index in [0.29, 0.717) is 5.15 Å². The molecule has 0 bridgehead atoms. The molecule has 0 spiro atoms. The zero-order valence-electron chi connectivity index (χ0n) is 9.63. The van der Waals surface area contributed by atoms with Crippen LogP contribution in [0.1, 0.15) is 32.3 Å². The molecule has 1 rings (SSSR count). The van der Waals surface area contributed by atoms with Crippen molar-refractivity contribution in [3.8, 4) is 0 Å². The summed E-state index contributed by atoms with van der Waals surface area (Å²) in [6.07, 6.45) is 3.89. The monoisotopic (exact) mass is 227 g/mol. The third-order valence-electron chi connectivity index (χ3n) is 2.46. The number of nitrogens with zero attached hydrogens (tertiary/aromatic N) is 3. The van der Waals surface area contributed by atoms with Gasteiger partial charge in [0.1, 0.15) is 17.3 Å². The zero-order chi connectivity index (χ0) is 11.3. The van der Waals surface area contributed by atoms with Gasteiger partial charge in [-0.05, 0) is 20.3 Å². The Bertz CT molecular complexity index is 315. The number of hydrogen-bond acceptors (Lipinski definition) is 3. The zero-order valence-corrected chi connectivity index (χ0v) is 10.4. The average Bonchev–Trinajstić information content (AvgIpc) is 2.25. The van der Waals surface area contributed by atoms with E-state index in [1.165, 1.54) is 19.2 Å². The van der Waals surface area contributed by atoms with Gasteiger partial charge in [-0.1, -0.05) is 24.9 Å². The largest absolute Gasteiger partial charge is 0.357 e. The molecule has 4 heteroatoms. The molecule has 0 aliphatic rings. The molecule has 0 N–H and O–H groups in total. The van der Waals surface area contributed by atoms with Crippen molar-refractivity contribution in [1.82, 2.24) is 9.97 Å². The number of halogens is 1. The van der Waals surface area contributed by atoms with Crippen LogP contribution in [0.3, 0.4) is 0 Å². The number of rotatable bonds is 5. The third-order valence-corrected chi connectivity index (χ3v) is 2.84. The van der Waals surface area contributed by atoms with Gasteiger partial charge in [0.2, 0.25) is 0 Å². The predicted octanol–water partition coefficient (Wildman–Crippen LogP) is 3.06. The molecule has 0 aliphatic heterocycles. The van der Waals surface area contributed by atoms with E-state index >= 15 is 0 Å². The van der Waals surface area contributed by atoms with E-state index in [1.807, 2.05) is 6.92 Å². The molecule has 0 saturated heterocycles. The molecule has 0 aromatic carbocycles. The van der Waals surface area contributed by atoms with Crippen molar-refractivity contribution in [2.75, 3.05) is 18.0 Å². The second-order valence-electron chi connectivity index (χ2n) is 3.55. The summed E-state index contributed by atoms with van der Waals surface area (Å²) < 4.78 is 0. The topological polar surface area (TPSA) is 29.0 Å². The number of anilines is 1. The van der Waals surface area contributed by atoms with Crippen LogP contribution in [0, 0.1) is 6.92 Å². The first-order valence-electron chi connectivity index (χ1n) is 5.42. The van der Waals surface area contributed by atoms with Crippen LogP contribution in [0.2, 0.25) is 5.15 Å². The van der Waals surface area contributed by atoms with Crippen LogP contribution in [0.25, 0.3) is 0 Å². The summed E-state index contributed by atoms with van der Waals surface area (Å²) in [5, 5.41) is 0.551. The predicted molar refractivity (Wildman–Crippen MR) is 64.6 cm³/mol. The summed E-state index contributed by atoms with van der Waals surface area (Å²) in [5.74, 6) is 0.964. The highest BCUT2D eigenvalue weighted by Gasteiger charge is 2.10. The Kier molecular flexibility index (Phi) is 4.82. The van der Waals surface area contributed by atoms with E-state index < -0.39 is 0 Å². The van der Waals surface area contributed by atoms with E-state index in [-0.39, 0.29) is 0 Å². The quantitative estimate of drug-likeness (QED) is 0.724. The Morgan fingerprint density at radius 1 is 1.33 bits per heavy atom. The fraction of sp³-hybridized carbons (Fsp3) is 0.636. The Morgan fingerprint density at radius 2 is 2.07 bits per heavy atom. The van der Waals surface area contributed by atoms with Gasteiger partial charge in [0, 0.05) is 18.7 Å². The Balaban J connectivity index is 2.86. The van der Waals surface area contributed by atoms with Crippen molar-refractivity contribution in [3.63, 3.8) is 0 Å². The highest BCUT2D eigenvalue weighted by molar-refractivity contribution is 6.30. The van der Waals surface area contributed by atoms with Gasteiger partial charge in [0.15, 0.2) is 0 Å². The maximum Gasteiger partial charge on any atom is 0.137 e. The molecule has 15 heavy (non-hydrogen) atoms. The minimum absolute atomic E-state index is 0.551. The minimum Gasteiger partial charge on any atom is -0.357 e. The maximum atomic E-state index is 5.97. The number of hydrogen-bond donors (Lipinski definition) is 0. The van der Waals surface area contributed by atoms with E-state index in [9.17, 15) is 0 Å². The molecule has 0 radical (unpaired) electrons. The summed E-state index contributed by atoms with van der Waals surface area (Å²) in [6, 6.07) is 0. The molecule has 0 fully saturated rings. The van der Waals surface area contributed by atoms with Crippen molar-refractivity contribution >= 4 is 17.4 Å². The van der Waals surface area contributed by atoms with Crippen molar-refractivity contribution in [1.29, 1.82) is 0 Å². The van der Waals surface area contributed by atoms with E-state index in [0.717, 1.165) is 24.5 Å². The molecule has 84 valence electrons. The van der Waals surface area contributed by atoms with Crippen molar-refractivity contribution in [2.45, 2.75) is 33.6 Å². The van der Waals surface area contributed by atoms with Gasteiger partial charge in [-0.3, -0.25) is 0 Å². The number of aromatic nitrogens is 2. The lowest BCUT2D eigenvalue weighted by Crippen LogP contribution is -2.25. The highest BCUT2D eigenvalue weighted by atomic mass is 35.5. The molecule has 0 saturated carbocycles. The summed E-state index contributed by atoms with van der Waals surface area (Å²) >= 11 is 5.97. The van der Waals surface area contributed by atoms with Gasteiger partial charge in [0.25, 0.3) is 0 Å². The maximum absolute atomic E-state index is 5.97. The highest BCUT2D eigenvalue weighted by Crippen LogP contribution is 2.21. The standard InChI is InChI=1S/C11H18ClN3/c1-4-6-7-15(5-2)11-9(3)10(12)13-8-14-11/h8H,4-7H2,1-3H3. The lowest BCUT2D eigenvalue weighted by Gasteiger charge is -2.23. The van der Waals surface area contributed by atoms with Gasteiger partial charge in [-0.2, -0.15) is 0 Å². The van der Waals surface area contributed by atoms with Gasteiger partial charge in [-0.15, -0.1) is 0 Å². The van der Waals surface area contributed by atoms with Crippen LogP contribution in [-0.2, 0) is 0 Å². The minimum atomic E-state index is 0.551. The summed E-state index contributed by atoms with van der Waals surface area (Å²) in [4.78, 5) is 10.5. The second-order valence-corrected chi connectivity index (χ2v) is 3.90. The first-order chi connectivity index (χ1) is 7.20. The smallest absolute Gasteiger partial charge is 0.137 e. The number of unbranched alkanes of at least 4 members (excludes halogenated alkanes) is 1. The third kappa shape index (κ3) is 3.06. The normalized spacial score (nSPS) is 10.4. The van der Waals surface area contributed by atoms with Crippen LogP contribution in [0.15, 0.2) is 6.33 Å². The fourth-order valence-corrected chi connectivity index (χ4v) is 1.63. The molecular formula is C11H18ClN3. The van der Waals surface area contributed by atoms with Gasteiger partial charge < -0.3 is 4.90 Å². The molecule has 1 heterocycles.